The number of aliphatic hydroxyl groups is 1. The van der Waals surface area contributed by atoms with E-state index in [1.807, 2.05) is 11.4 Å². The number of fused-ring (bicyclic) bond motifs is 3. The lowest BCUT2D eigenvalue weighted by atomic mass is 9.85. The van der Waals surface area contributed by atoms with E-state index in [0.717, 1.165) is 30.8 Å². The van der Waals surface area contributed by atoms with Crippen LogP contribution in [0.3, 0.4) is 0 Å². The van der Waals surface area contributed by atoms with Crippen molar-refractivity contribution >= 4 is 57.8 Å². The van der Waals surface area contributed by atoms with Crippen molar-refractivity contribution in [1.29, 1.82) is 0 Å². The molecule has 268 valence electrons. The second-order valence-corrected chi connectivity index (χ2v) is 15.1. The van der Waals surface area contributed by atoms with Gasteiger partial charge in [0.05, 0.1) is 14.2 Å². The van der Waals surface area contributed by atoms with Crippen molar-refractivity contribution in [3.05, 3.63) is 96.0 Å². The van der Waals surface area contributed by atoms with Crippen molar-refractivity contribution in [1.82, 2.24) is 10.2 Å². The van der Waals surface area contributed by atoms with Crippen LogP contribution in [0.15, 0.2) is 60.2 Å². The molecule has 6 heterocycles. The molecule has 7 rings (SSSR count). The zero-order chi connectivity index (χ0) is 34.5. The number of H-pyrrole nitrogens is 1. The third-order valence-corrected chi connectivity index (χ3v) is 11.8. The van der Waals surface area contributed by atoms with E-state index >= 15 is 0 Å². The van der Waals surface area contributed by atoms with Crippen LogP contribution in [-0.2, 0) is 32.8 Å². The molecule has 3 fully saturated rings. The summed E-state index contributed by atoms with van der Waals surface area (Å²) in [5.74, 6) is 0.177. The first kappa shape index (κ1) is 38.0. The number of hydrogen-bond acceptors (Lipinski definition) is 12. The highest BCUT2D eigenvalue weighted by atomic mass is 35.5. The Morgan fingerprint density at radius 3 is 2.46 bits per heavy atom. The molecule has 4 aromatic rings. The molecule has 50 heavy (non-hydrogen) atoms. The number of carbonyl (C=O) groups excluding carboxylic acids is 2. The molecule has 4 N–H and O–H groups in total. The number of carbonyl (C=O) groups is 2. The number of ether oxygens (including phenoxy) is 4. The van der Waals surface area contributed by atoms with Crippen LogP contribution < -0.4 is 19.8 Å². The molecule has 15 heteroatoms. The van der Waals surface area contributed by atoms with Gasteiger partial charge in [-0.15, -0.1) is 22.7 Å². The number of rotatable bonds is 14. The van der Waals surface area contributed by atoms with Gasteiger partial charge in [-0.05, 0) is 73.1 Å². The topological polar surface area (TPSA) is 151 Å². The maximum Gasteiger partial charge on any atom is 0.348 e. The largest absolute Gasteiger partial charge is 0.870 e. The molecular formula is C35H39Cl2N3O8S2. The zero-order valence-corrected chi connectivity index (χ0v) is 30.7. The molecule has 0 amide bonds. The summed E-state index contributed by atoms with van der Waals surface area (Å²) >= 11 is 15.5. The molecule has 0 spiro atoms. The van der Waals surface area contributed by atoms with Gasteiger partial charge in [0.15, 0.2) is 23.9 Å². The van der Waals surface area contributed by atoms with Crippen molar-refractivity contribution in [2.75, 3.05) is 40.4 Å². The zero-order valence-electron chi connectivity index (χ0n) is 27.5. The first-order valence-corrected chi connectivity index (χ1v) is 18.4. The van der Waals surface area contributed by atoms with Gasteiger partial charge in [-0.1, -0.05) is 35.3 Å². The van der Waals surface area contributed by atoms with Crippen molar-refractivity contribution in [2.24, 2.45) is 5.92 Å². The van der Waals surface area contributed by atoms with Crippen LogP contribution in [0.4, 0.5) is 0 Å². The molecule has 3 aliphatic rings. The Labute approximate surface area is 308 Å². The van der Waals surface area contributed by atoms with Crippen LogP contribution in [0.2, 0.25) is 10.0 Å². The Morgan fingerprint density at radius 2 is 1.82 bits per heavy atom. The van der Waals surface area contributed by atoms with E-state index in [4.69, 9.17) is 42.1 Å². The van der Waals surface area contributed by atoms with E-state index in [0.29, 0.717) is 61.4 Å². The summed E-state index contributed by atoms with van der Waals surface area (Å²) in [6, 6.07) is 12.4. The molecule has 2 bridgehead atoms. The quantitative estimate of drug-likeness (QED) is 0.157. The molecule has 0 saturated carbocycles. The maximum absolute atomic E-state index is 13.5. The van der Waals surface area contributed by atoms with Crippen molar-refractivity contribution in [2.45, 2.75) is 43.6 Å². The van der Waals surface area contributed by atoms with Gasteiger partial charge < -0.3 is 34.8 Å². The second kappa shape index (κ2) is 16.8. The summed E-state index contributed by atoms with van der Waals surface area (Å²) in [5, 5.41) is 17.6. The van der Waals surface area contributed by atoms with E-state index in [1.54, 1.807) is 55.9 Å². The second-order valence-electron chi connectivity index (χ2n) is 12.1. The van der Waals surface area contributed by atoms with Gasteiger partial charge in [-0.3, -0.25) is 4.90 Å². The van der Waals surface area contributed by atoms with Gasteiger partial charge in [0.1, 0.15) is 27.1 Å². The van der Waals surface area contributed by atoms with Crippen LogP contribution >= 0.6 is 45.9 Å². The first-order valence-electron chi connectivity index (χ1n) is 15.9. The number of benzene rings is 1. The number of nitrogens with one attached hydrogen (secondary N) is 2. The number of halogens is 2. The van der Waals surface area contributed by atoms with Gasteiger partial charge in [-0.25, -0.2) is 14.6 Å². The van der Waals surface area contributed by atoms with Crippen LogP contribution in [0.5, 0.6) is 11.5 Å². The highest BCUT2D eigenvalue weighted by Crippen LogP contribution is 2.36. The number of aromatic nitrogens is 1. The highest BCUT2D eigenvalue weighted by Gasteiger charge is 2.44. The molecule has 3 aromatic heterocycles. The molecule has 3 atom stereocenters. The number of methoxy groups -OCH3 is 2. The molecule has 1 aromatic carbocycles. The Bertz CT molecular complexity index is 1750. The van der Waals surface area contributed by atoms with Gasteiger partial charge in [-0.2, -0.15) is 0 Å². The van der Waals surface area contributed by atoms with Gasteiger partial charge in [0.25, 0.3) is 0 Å². The summed E-state index contributed by atoms with van der Waals surface area (Å²) in [4.78, 5) is 34.0. The third-order valence-electron chi connectivity index (χ3n) is 9.08. The molecular weight excluding hydrogens is 725 g/mol. The normalized spacial score (nSPS) is 19.9. The Balaban J connectivity index is 0.00000486. The lowest BCUT2D eigenvalue weighted by Crippen LogP contribution is -2.54. The smallest absolute Gasteiger partial charge is 0.348 e. The summed E-state index contributed by atoms with van der Waals surface area (Å²) in [6.45, 7) is 3.01. The van der Waals surface area contributed by atoms with E-state index in [-0.39, 0.29) is 24.5 Å². The van der Waals surface area contributed by atoms with E-state index < -0.39 is 23.6 Å². The predicted molar refractivity (Wildman–Crippen MR) is 190 cm³/mol. The minimum absolute atomic E-state index is 0. The van der Waals surface area contributed by atoms with Crippen LogP contribution in [0.1, 0.15) is 49.5 Å². The number of hydrogen-bond donors (Lipinski definition) is 2. The number of esters is 2. The lowest BCUT2D eigenvalue weighted by molar-refractivity contribution is -0.377. The summed E-state index contributed by atoms with van der Waals surface area (Å²) in [5.41, 5.74) is -0.553. The summed E-state index contributed by atoms with van der Waals surface area (Å²) in [7, 11) is 3.08. The van der Waals surface area contributed by atoms with Crippen LogP contribution in [0.25, 0.3) is 0 Å². The Hall–Kier alpha value is -3.27. The highest BCUT2D eigenvalue weighted by molar-refractivity contribution is 7.13. The fourth-order valence-corrected chi connectivity index (χ4v) is 8.53. The molecule has 3 saturated heterocycles. The number of aromatic amines is 1. The fraction of sp³-hybridized carbons (Fsp3) is 0.400. The number of pyridine rings is 1. The SMILES string of the molecule is COc1ccc([C@H](Cc2c(Cl)c[nH+]cc2Cl)OC(=O)c2ccc(CNCC(O)(C(=O)O[C@H]3CN4CCC3CC4)c3cccs3)s2)cc1OC.[OH-]. The van der Waals surface area contributed by atoms with Crippen molar-refractivity contribution in [3.63, 3.8) is 0 Å². The monoisotopic (exact) mass is 763 g/mol. The number of piperidine rings is 3. The van der Waals surface area contributed by atoms with Gasteiger partial charge in [0, 0.05) is 41.4 Å². The number of thiophene rings is 2. The summed E-state index contributed by atoms with van der Waals surface area (Å²) in [6.07, 6.45) is 4.47. The van der Waals surface area contributed by atoms with E-state index in [2.05, 4.69) is 15.2 Å². The standard InChI is InChI=1S/C35H37Cl2N3O7S2.H2O/c1-44-27-7-5-22(14-29(27)45-2)28(15-24-25(36)17-38-18-26(24)37)46-33(41)31-8-6-23(49-31)16-39-20-35(43,32-4-3-13-48-32)34(42)47-30-19-40-11-9-21(30)10-12-40;/h3-8,13-14,17-18,21,28,30,39,43H,9-12,15-16,19-20H2,1-2H3;1H2/t28-,30-,35?;/m0./s1. The lowest BCUT2D eigenvalue weighted by Gasteiger charge is -2.44. The van der Waals surface area contributed by atoms with Crippen molar-refractivity contribution < 1.29 is 44.1 Å². The average Bonchev–Trinajstić information content (AvgIpc) is 3.83. The van der Waals surface area contributed by atoms with E-state index in [1.165, 1.54) is 29.8 Å². The molecule has 11 nitrogen and oxygen atoms in total. The molecule has 0 aliphatic carbocycles. The Kier molecular flexibility index (Phi) is 12.8. The van der Waals surface area contributed by atoms with Crippen LogP contribution in [0, 0.1) is 5.92 Å². The first-order chi connectivity index (χ1) is 23.7. The molecule has 1 unspecified atom stereocenters. The van der Waals surface area contributed by atoms with Gasteiger partial charge >= 0.3 is 11.9 Å². The average molecular weight is 765 g/mol. The van der Waals surface area contributed by atoms with Crippen LogP contribution in [-0.4, -0.2) is 73.9 Å². The third kappa shape index (κ3) is 8.43. The predicted octanol–water partition coefficient (Wildman–Crippen LogP) is 5.53. The molecule has 0 radical (unpaired) electrons. The Morgan fingerprint density at radius 1 is 1.08 bits per heavy atom. The maximum atomic E-state index is 13.5. The van der Waals surface area contributed by atoms with Gasteiger partial charge in [0.2, 0.25) is 5.60 Å². The van der Waals surface area contributed by atoms with Crippen molar-refractivity contribution in [3.8, 4) is 11.5 Å². The number of nitrogens with zero attached hydrogens (tertiary/aromatic N) is 1. The van der Waals surface area contributed by atoms with E-state index in [9.17, 15) is 14.7 Å². The minimum atomic E-state index is -1.84. The minimum Gasteiger partial charge on any atom is -0.870 e. The summed E-state index contributed by atoms with van der Waals surface area (Å²) < 4.78 is 22.9. The molecule has 3 aliphatic heterocycles. The fourth-order valence-electron chi connectivity index (χ4n) is 6.33.